The largest absolute Gasteiger partial charge is 0.394 e. The van der Waals surface area contributed by atoms with Crippen molar-refractivity contribution in [2.75, 3.05) is 11.9 Å². The van der Waals surface area contributed by atoms with Gasteiger partial charge < -0.3 is 25.4 Å². The van der Waals surface area contributed by atoms with Crippen molar-refractivity contribution in [3.05, 3.63) is 16.7 Å². The zero-order valence-corrected chi connectivity index (χ0v) is 13.6. The standard InChI is InChI=1S/C14H21N5O5/c1-14(2,3)18-13-16-10-7(11(23)17-13)15-5-19(10)12-9(22)8(21)6(4-20)24-12/h5-6,8-9,12,20-22H,4H2,1-3H3,(H2,16,17,18,23)/t6-,8-,9-,12-/m1/s1. The van der Waals surface area contributed by atoms with E-state index in [9.17, 15) is 20.1 Å². The van der Waals surface area contributed by atoms with Crippen molar-refractivity contribution >= 4 is 17.1 Å². The lowest BCUT2D eigenvalue weighted by Gasteiger charge is -2.21. The van der Waals surface area contributed by atoms with E-state index in [1.807, 2.05) is 20.8 Å². The van der Waals surface area contributed by atoms with Crippen molar-refractivity contribution in [1.29, 1.82) is 0 Å². The second-order valence-electron chi connectivity index (χ2n) is 6.84. The van der Waals surface area contributed by atoms with Crippen LogP contribution in [0.1, 0.15) is 27.0 Å². The van der Waals surface area contributed by atoms with Crippen LogP contribution in [0.2, 0.25) is 0 Å². The van der Waals surface area contributed by atoms with E-state index in [0.717, 1.165) is 0 Å². The number of hydrogen-bond acceptors (Lipinski definition) is 8. The molecule has 1 saturated heterocycles. The van der Waals surface area contributed by atoms with Gasteiger partial charge in [0.15, 0.2) is 17.4 Å². The maximum atomic E-state index is 12.2. The van der Waals surface area contributed by atoms with Crippen LogP contribution in [0.5, 0.6) is 0 Å². The first-order chi connectivity index (χ1) is 11.2. The summed E-state index contributed by atoms with van der Waals surface area (Å²) < 4.78 is 6.85. The number of fused-ring (bicyclic) bond motifs is 1. The average molecular weight is 339 g/mol. The van der Waals surface area contributed by atoms with Gasteiger partial charge >= 0.3 is 0 Å². The third kappa shape index (κ3) is 2.88. The van der Waals surface area contributed by atoms with E-state index in [-0.39, 0.29) is 22.7 Å². The van der Waals surface area contributed by atoms with E-state index in [2.05, 4.69) is 20.3 Å². The van der Waals surface area contributed by atoms with Gasteiger partial charge in [-0.2, -0.15) is 4.98 Å². The van der Waals surface area contributed by atoms with Crippen molar-refractivity contribution in [2.24, 2.45) is 0 Å². The Morgan fingerprint density at radius 2 is 2.08 bits per heavy atom. The number of aromatic nitrogens is 4. The first kappa shape index (κ1) is 16.8. The SMILES string of the molecule is CC(C)(C)Nc1nc2c(ncn2[C@@H]2O[C@H](CO)[C@@H](O)[C@H]2O)c(=O)[nH]1. The van der Waals surface area contributed by atoms with E-state index in [1.54, 1.807) is 0 Å². The minimum Gasteiger partial charge on any atom is -0.394 e. The van der Waals surface area contributed by atoms with Crippen LogP contribution >= 0.6 is 0 Å². The summed E-state index contributed by atoms with van der Waals surface area (Å²) in [4.78, 5) is 23.1. The number of aliphatic hydroxyl groups excluding tert-OH is 3. The number of imidazole rings is 1. The minimum atomic E-state index is -1.28. The molecule has 1 fully saturated rings. The number of nitrogens with zero attached hydrogens (tertiary/aromatic N) is 3. The van der Waals surface area contributed by atoms with E-state index >= 15 is 0 Å². The van der Waals surface area contributed by atoms with Crippen LogP contribution < -0.4 is 10.9 Å². The van der Waals surface area contributed by atoms with Crippen LogP contribution in [0, 0.1) is 0 Å². The van der Waals surface area contributed by atoms with Crippen LogP contribution in [0.4, 0.5) is 5.95 Å². The highest BCUT2D eigenvalue weighted by Crippen LogP contribution is 2.30. The first-order valence-electron chi connectivity index (χ1n) is 7.59. The van der Waals surface area contributed by atoms with Crippen molar-refractivity contribution in [3.8, 4) is 0 Å². The van der Waals surface area contributed by atoms with E-state index in [1.165, 1.54) is 10.9 Å². The molecule has 4 atom stereocenters. The molecule has 2 aromatic heterocycles. The third-order valence-corrected chi connectivity index (χ3v) is 3.72. The monoisotopic (exact) mass is 339 g/mol. The zero-order valence-electron chi connectivity index (χ0n) is 13.6. The molecule has 132 valence electrons. The van der Waals surface area contributed by atoms with Crippen LogP contribution in [-0.4, -0.2) is 65.3 Å². The fourth-order valence-electron chi connectivity index (χ4n) is 2.64. The summed E-state index contributed by atoms with van der Waals surface area (Å²) in [5.41, 5.74) is -0.458. The summed E-state index contributed by atoms with van der Waals surface area (Å²) in [6, 6.07) is 0. The number of H-pyrrole nitrogens is 1. The van der Waals surface area contributed by atoms with Crippen molar-refractivity contribution in [1.82, 2.24) is 19.5 Å². The molecule has 24 heavy (non-hydrogen) atoms. The third-order valence-electron chi connectivity index (χ3n) is 3.72. The molecule has 2 aromatic rings. The summed E-state index contributed by atoms with van der Waals surface area (Å²) in [6.07, 6.45) is -3.13. The van der Waals surface area contributed by atoms with Gasteiger partial charge in [-0.3, -0.25) is 14.3 Å². The molecule has 5 N–H and O–H groups in total. The van der Waals surface area contributed by atoms with Gasteiger partial charge in [-0.25, -0.2) is 4.98 Å². The minimum absolute atomic E-state index is 0.0900. The Bertz CT molecular complexity index is 795. The summed E-state index contributed by atoms with van der Waals surface area (Å²) in [5.74, 6) is 0.258. The molecule has 0 bridgehead atoms. The second kappa shape index (κ2) is 5.81. The van der Waals surface area contributed by atoms with Crippen molar-refractivity contribution in [2.45, 2.75) is 50.8 Å². The Labute approximate surface area is 137 Å². The topological polar surface area (TPSA) is 146 Å². The molecular weight excluding hydrogens is 318 g/mol. The van der Waals surface area contributed by atoms with Gasteiger partial charge in [0.2, 0.25) is 5.95 Å². The van der Waals surface area contributed by atoms with Gasteiger partial charge in [0, 0.05) is 5.54 Å². The highest BCUT2D eigenvalue weighted by atomic mass is 16.6. The molecule has 10 nitrogen and oxygen atoms in total. The van der Waals surface area contributed by atoms with Gasteiger partial charge in [-0.15, -0.1) is 0 Å². The van der Waals surface area contributed by atoms with E-state index in [0.29, 0.717) is 0 Å². The average Bonchev–Trinajstić information content (AvgIpc) is 3.00. The molecule has 0 aliphatic carbocycles. The molecule has 0 unspecified atom stereocenters. The van der Waals surface area contributed by atoms with E-state index < -0.39 is 36.7 Å². The van der Waals surface area contributed by atoms with Gasteiger partial charge in [0.1, 0.15) is 18.3 Å². The fraction of sp³-hybridized carbons (Fsp3) is 0.643. The maximum absolute atomic E-state index is 12.2. The lowest BCUT2D eigenvalue weighted by atomic mass is 10.1. The quantitative estimate of drug-likeness (QED) is 0.476. The number of aromatic amines is 1. The van der Waals surface area contributed by atoms with Gasteiger partial charge in [0.05, 0.1) is 12.9 Å². The second-order valence-corrected chi connectivity index (χ2v) is 6.84. The summed E-state index contributed by atoms with van der Waals surface area (Å²) in [7, 11) is 0. The number of ether oxygens (including phenoxy) is 1. The molecule has 0 saturated carbocycles. The number of anilines is 1. The Hall–Kier alpha value is -2.01. The smallest absolute Gasteiger partial charge is 0.280 e. The number of aliphatic hydroxyl groups is 3. The molecule has 10 heteroatoms. The Morgan fingerprint density at radius 1 is 1.38 bits per heavy atom. The maximum Gasteiger partial charge on any atom is 0.280 e. The molecule has 0 spiro atoms. The molecule has 0 amide bonds. The predicted molar refractivity (Wildman–Crippen MR) is 84.5 cm³/mol. The summed E-state index contributed by atoms with van der Waals surface area (Å²) >= 11 is 0. The van der Waals surface area contributed by atoms with Gasteiger partial charge in [-0.05, 0) is 20.8 Å². The Balaban J connectivity index is 2.05. The van der Waals surface area contributed by atoms with E-state index in [4.69, 9.17) is 4.74 Å². The molecular formula is C14H21N5O5. The lowest BCUT2D eigenvalue weighted by molar-refractivity contribution is -0.0511. The molecule has 0 radical (unpaired) electrons. The zero-order chi connectivity index (χ0) is 17.6. The Kier molecular flexibility index (Phi) is 4.08. The lowest BCUT2D eigenvalue weighted by Crippen LogP contribution is -2.33. The van der Waals surface area contributed by atoms with Crippen LogP contribution in [-0.2, 0) is 4.74 Å². The van der Waals surface area contributed by atoms with Crippen LogP contribution in [0.15, 0.2) is 11.1 Å². The predicted octanol–water partition coefficient (Wildman–Crippen LogP) is -1.06. The fourth-order valence-corrected chi connectivity index (χ4v) is 2.64. The number of hydrogen-bond donors (Lipinski definition) is 5. The molecule has 3 heterocycles. The number of rotatable bonds is 3. The first-order valence-corrected chi connectivity index (χ1v) is 7.59. The number of nitrogens with one attached hydrogen (secondary N) is 2. The summed E-state index contributed by atoms with van der Waals surface area (Å²) in [6.45, 7) is 5.31. The highest BCUT2D eigenvalue weighted by molar-refractivity contribution is 5.71. The van der Waals surface area contributed by atoms with Gasteiger partial charge in [0.25, 0.3) is 5.56 Å². The molecule has 3 rings (SSSR count). The van der Waals surface area contributed by atoms with Crippen molar-refractivity contribution < 1.29 is 20.1 Å². The van der Waals surface area contributed by atoms with Crippen LogP contribution in [0.3, 0.4) is 0 Å². The Morgan fingerprint density at radius 3 is 2.67 bits per heavy atom. The molecule has 0 aromatic carbocycles. The van der Waals surface area contributed by atoms with Gasteiger partial charge in [-0.1, -0.05) is 0 Å². The molecule has 1 aliphatic rings. The highest BCUT2D eigenvalue weighted by Gasteiger charge is 2.44. The van der Waals surface area contributed by atoms with Crippen molar-refractivity contribution in [3.63, 3.8) is 0 Å². The normalized spacial score (nSPS) is 27.8. The van der Waals surface area contributed by atoms with Crippen LogP contribution in [0.25, 0.3) is 11.2 Å². The molecule has 1 aliphatic heterocycles. The summed E-state index contributed by atoms with van der Waals surface area (Å²) in [5, 5.41) is 32.3.